The molecule has 0 bridgehead atoms. The fourth-order valence-electron chi connectivity index (χ4n) is 0. The lowest BCUT2D eigenvalue weighted by atomic mass is 11.0. The molecule has 0 unspecified atom stereocenters. The van der Waals surface area contributed by atoms with Crippen molar-refractivity contribution in [2.75, 3.05) is 0 Å². The molecule has 58 valence electrons. The van der Waals surface area contributed by atoms with Crippen molar-refractivity contribution in [2.24, 2.45) is 0 Å². The van der Waals surface area contributed by atoms with E-state index in [0.717, 1.165) is 0 Å². The third-order valence-electron chi connectivity index (χ3n) is 0.354. The molecule has 0 aliphatic heterocycles. The fourth-order valence-corrected chi connectivity index (χ4v) is 0. The maximum absolute atomic E-state index is 1.50. The second-order valence-corrected chi connectivity index (χ2v) is 1.06. The standard InChI is InChI=1S/C3H6.4CH4.H3N/c1-2-3-1;;;;;/h1-3H2;4*1H4;1H3. The maximum Gasteiger partial charge on any atom is -0.0533 e. The molecule has 0 aromatic heterocycles. The van der Waals surface area contributed by atoms with Crippen molar-refractivity contribution in [1.82, 2.24) is 6.15 Å². The Hall–Kier alpha value is -0.0400. The van der Waals surface area contributed by atoms with Crippen molar-refractivity contribution >= 4 is 0 Å². The van der Waals surface area contributed by atoms with Gasteiger partial charge in [-0.1, -0.05) is 49.0 Å². The van der Waals surface area contributed by atoms with Gasteiger partial charge in [-0.2, -0.15) is 0 Å². The summed E-state index contributed by atoms with van der Waals surface area (Å²) < 4.78 is 0. The first-order valence-electron chi connectivity index (χ1n) is 1.50. The van der Waals surface area contributed by atoms with Crippen molar-refractivity contribution < 1.29 is 0 Å². The molecule has 8 heavy (non-hydrogen) atoms. The highest BCUT2D eigenvalue weighted by Crippen LogP contribution is 2.14. The summed E-state index contributed by atoms with van der Waals surface area (Å²) in [5.74, 6) is 0. The lowest BCUT2D eigenvalue weighted by Crippen LogP contribution is -0.856. The van der Waals surface area contributed by atoms with Crippen LogP contribution >= 0.6 is 0 Å². The second-order valence-electron chi connectivity index (χ2n) is 1.06. The summed E-state index contributed by atoms with van der Waals surface area (Å²) >= 11 is 0. The van der Waals surface area contributed by atoms with Crippen LogP contribution in [-0.2, 0) is 0 Å². The zero-order valence-electron chi connectivity index (χ0n) is 2.83. The van der Waals surface area contributed by atoms with Gasteiger partial charge < -0.3 is 6.15 Å². The van der Waals surface area contributed by atoms with Crippen molar-refractivity contribution in [3.8, 4) is 0 Å². The van der Waals surface area contributed by atoms with Crippen LogP contribution in [0, 0.1) is 0 Å². The van der Waals surface area contributed by atoms with E-state index >= 15 is 0 Å². The average molecular weight is 123 g/mol. The molecule has 0 saturated heterocycles. The van der Waals surface area contributed by atoms with Crippen LogP contribution in [0.5, 0.6) is 0 Å². The Morgan fingerprint density at radius 1 is 0.500 bits per heavy atom. The molecular formula is C7H25N. The van der Waals surface area contributed by atoms with Crippen LogP contribution in [0.1, 0.15) is 49.0 Å². The Bertz CT molecular complexity index is 9.10. The largest absolute Gasteiger partial charge is 0.344 e. The molecule has 1 aliphatic carbocycles. The lowest BCUT2D eigenvalue weighted by molar-refractivity contribution is 1.50. The fraction of sp³-hybridized carbons (Fsp3) is 1.00. The van der Waals surface area contributed by atoms with Gasteiger partial charge in [0.15, 0.2) is 0 Å². The SMILES string of the molecule is C.C.C.C.C1CC1.N. The minimum Gasteiger partial charge on any atom is -0.344 e. The zero-order chi connectivity index (χ0) is 2.12. The number of hydrogen-bond acceptors (Lipinski definition) is 1. The molecule has 1 saturated carbocycles. The Labute approximate surface area is 56.1 Å². The topological polar surface area (TPSA) is 35.0 Å². The summed E-state index contributed by atoms with van der Waals surface area (Å²) in [6, 6.07) is 0. The van der Waals surface area contributed by atoms with Crippen LogP contribution in [0.2, 0.25) is 0 Å². The number of hydrogen-bond donors (Lipinski definition) is 1. The predicted molar refractivity (Wildman–Crippen MR) is 45.8 cm³/mol. The van der Waals surface area contributed by atoms with Gasteiger partial charge in [-0.3, -0.25) is 0 Å². The molecule has 0 radical (unpaired) electrons. The van der Waals surface area contributed by atoms with E-state index in [1.54, 1.807) is 0 Å². The Morgan fingerprint density at radius 2 is 0.625 bits per heavy atom. The van der Waals surface area contributed by atoms with E-state index in [1.807, 2.05) is 0 Å². The highest BCUT2D eigenvalue weighted by Gasteiger charge is 1.95. The first-order valence-corrected chi connectivity index (χ1v) is 1.50. The Morgan fingerprint density at radius 3 is 0.625 bits per heavy atom. The second kappa shape index (κ2) is 28.2. The molecule has 1 rings (SSSR count). The van der Waals surface area contributed by atoms with E-state index < -0.39 is 0 Å². The van der Waals surface area contributed by atoms with E-state index in [2.05, 4.69) is 0 Å². The first kappa shape index (κ1) is 44.0. The third-order valence-corrected chi connectivity index (χ3v) is 0.354. The molecular weight excluding hydrogens is 98.1 g/mol. The molecule has 0 aromatic rings. The van der Waals surface area contributed by atoms with E-state index in [4.69, 9.17) is 0 Å². The lowest BCUT2D eigenvalue weighted by Gasteiger charge is -1.05. The molecule has 1 heteroatoms. The van der Waals surface area contributed by atoms with Gasteiger partial charge in [-0.25, -0.2) is 0 Å². The smallest absolute Gasteiger partial charge is 0.0533 e. The molecule has 0 heterocycles. The van der Waals surface area contributed by atoms with Gasteiger partial charge in [0.05, 0.1) is 0 Å². The normalized spacial score (nSPS) is 9.00. The molecule has 3 N–H and O–H groups in total. The van der Waals surface area contributed by atoms with Gasteiger partial charge in [0.2, 0.25) is 0 Å². The Kier molecular flexibility index (Phi) is 155. The van der Waals surface area contributed by atoms with Crippen LogP contribution in [0.15, 0.2) is 0 Å². The summed E-state index contributed by atoms with van der Waals surface area (Å²) in [4.78, 5) is 0. The molecule has 1 aliphatic rings. The summed E-state index contributed by atoms with van der Waals surface area (Å²) in [7, 11) is 0. The van der Waals surface area contributed by atoms with Crippen LogP contribution in [0.4, 0.5) is 0 Å². The molecule has 0 spiro atoms. The summed E-state index contributed by atoms with van der Waals surface area (Å²) in [5.41, 5.74) is 0. The highest BCUT2D eigenvalue weighted by molar-refractivity contribution is 4.50. The van der Waals surface area contributed by atoms with Gasteiger partial charge >= 0.3 is 0 Å². The van der Waals surface area contributed by atoms with Gasteiger partial charge in [0, 0.05) is 0 Å². The molecule has 0 aromatic carbocycles. The highest BCUT2D eigenvalue weighted by atomic mass is 14.0. The van der Waals surface area contributed by atoms with Gasteiger partial charge in [0.1, 0.15) is 0 Å². The average Bonchev–Trinajstić information content (AvgIpc) is 1.46. The van der Waals surface area contributed by atoms with Crippen molar-refractivity contribution in [1.29, 1.82) is 0 Å². The van der Waals surface area contributed by atoms with E-state index in [1.165, 1.54) is 19.3 Å². The maximum atomic E-state index is 1.50. The molecule has 1 nitrogen and oxygen atoms in total. The van der Waals surface area contributed by atoms with Gasteiger partial charge in [-0.05, 0) is 0 Å². The van der Waals surface area contributed by atoms with Gasteiger partial charge in [-0.15, -0.1) is 0 Å². The van der Waals surface area contributed by atoms with E-state index in [0.29, 0.717) is 0 Å². The van der Waals surface area contributed by atoms with E-state index in [9.17, 15) is 0 Å². The van der Waals surface area contributed by atoms with Gasteiger partial charge in [0.25, 0.3) is 0 Å². The Balaban J connectivity index is -0.00000000600. The zero-order valence-corrected chi connectivity index (χ0v) is 2.83. The minimum absolute atomic E-state index is 0. The summed E-state index contributed by atoms with van der Waals surface area (Å²) in [6.45, 7) is 0. The quantitative estimate of drug-likeness (QED) is 0.521. The van der Waals surface area contributed by atoms with Crippen LogP contribution < -0.4 is 6.15 Å². The van der Waals surface area contributed by atoms with Crippen molar-refractivity contribution in [3.05, 3.63) is 0 Å². The van der Waals surface area contributed by atoms with Crippen molar-refractivity contribution in [3.63, 3.8) is 0 Å². The van der Waals surface area contributed by atoms with E-state index in [-0.39, 0.29) is 35.9 Å². The monoisotopic (exact) mass is 123 g/mol. The molecule has 0 atom stereocenters. The predicted octanol–water partition coefficient (Wildman–Crippen LogP) is 3.88. The molecule has 0 amide bonds. The first-order chi connectivity index (χ1) is 1.50. The number of rotatable bonds is 0. The van der Waals surface area contributed by atoms with Crippen LogP contribution in [-0.4, -0.2) is 0 Å². The third kappa shape index (κ3) is 159. The minimum atomic E-state index is 0. The van der Waals surface area contributed by atoms with Crippen LogP contribution in [0.3, 0.4) is 0 Å². The van der Waals surface area contributed by atoms with Crippen LogP contribution in [0.25, 0.3) is 0 Å². The summed E-state index contributed by atoms with van der Waals surface area (Å²) in [6.07, 6.45) is 4.50. The molecule has 1 fully saturated rings. The summed E-state index contributed by atoms with van der Waals surface area (Å²) in [5, 5.41) is 0. The van der Waals surface area contributed by atoms with Crippen molar-refractivity contribution in [2.45, 2.75) is 49.0 Å².